The Morgan fingerprint density at radius 1 is 1.18 bits per heavy atom. The molecule has 1 aromatic heterocycles. The van der Waals surface area contributed by atoms with Crippen LogP contribution >= 0.6 is 11.6 Å². The molecule has 39 heavy (non-hydrogen) atoms. The number of nitrogens with zero attached hydrogens (tertiary/aromatic N) is 2. The van der Waals surface area contributed by atoms with Gasteiger partial charge < -0.3 is 23.9 Å². The first-order chi connectivity index (χ1) is 18.0. The second-order valence-electron chi connectivity index (χ2n) is 13.5. The molecule has 0 saturated carbocycles. The summed E-state index contributed by atoms with van der Waals surface area (Å²) in [6.07, 6.45) is 3.38. The highest BCUT2D eigenvalue weighted by Gasteiger charge is 2.43. The van der Waals surface area contributed by atoms with E-state index in [1.165, 1.54) is 0 Å². The van der Waals surface area contributed by atoms with Gasteiger partial charge in [0.1, 0.15) is 11.4 Å². The second-order valence-corrected chi connectivity index (χ2v) is 18.7. The number of pyridine rings is 1. The van der Waals surface area contributed by atoms with E-state index < -0.39 is 20.0 Å². The van der Waals surface area contributed by atoms with Crippen molar-refractivity contribution in [2.24, 2.45) is 5.41 Å². The lowest BCUT2D eigenvalue weighted by Gasteiger charge is -2.45. The van der Waals surface area contributed by atoms with Crippen LogP contribution in [0.5, 0.6) is 5.75 Å². The van der Waals surface area contributed by atoms with Gasteiger partial charge in [0.15, 0.2) is 8.32 Å². The van der Waals surface area contributed by atoms with Gasteiger partial charge in [-0.25, -0.2) is 4.79 Å². The van der Waals surface area contributed by atoms with Crippen LogP contribution in [0, 0.1) is 5.41 Å². The van der Waals surface area contributed by atoms with Gasteiger partial charge in [0.25, 0.3) is 0 Å². The minimum absolute atomic E-state index is 0.0907. The number of likely N-dealkylation sites (tertiary alicyclic amines) is 1. The molecule has 7 nitrogen and oxygen atoms in total. The molecule has 1 saturated heterocycles. The fourth-order valence-electron chi connectivity index (χ4n) is 4.73. The van der Waals surface area contributed by atoms with Gasteiger partial charge >= 0.3 is 6.09 Å². The van der Waals surface area contributed by atoms with Gasteiger partial charge in [0.2, 0.25) is 0 Å². The van der Waals surface area contributed by atoms with Crippen LogP contribution in [0.4, 0.5) is 4.79 Å². The first-order valence-electron chi connectivity index (χ1n) is 13.9. The number of halogens is 1. The van der Waals surface area contributed by atoms with Crippen LogP contribution in [0.2, 0.25) is 23.2 Å². The van der Waals surface area contributed by atoms with E-state index >= 15 is 0 Å². The number of amides is 1. The third-order valence-electron chi connectivity index (χ3n) is 8.37. The number of piperidine rings is 1. The minimum atomic E-state index is -1.99. The van der Waals surface area contributed by atoms with Crippen LogP contribution in [0.25, 0.3) is 10.9 Å². The molecular weight excluding hydrogens is 532 g/mol. The van der Waals surface area contributed by atoms with Gasteiger partial charge in [-0.1, -0.05) is 32.4 Å². The molecule has 1 fully saturated rings. The summed E-state index contributed by atoms with van der Waals surface area (Å²) in [6, 6.07) is 5.61. The Morgan fingerprint density at radius 3 is 2.38 bits per heavy atom. The Labute approximate surface area is 240 Å². The molecule has 0 radical (unpaired) electrons. The van der Waals surface area contributed by atoms with Crippen molar-refractivity contribution in [3.8, 4) is 5.75 Å². The monoisotopic (exact) mass is 578 g/mol. The number of aromatic nitrogens is 1. The number of hydrogen-bond donors (Lipinski definition) is 1. The van der Waals surface area contributed by atoms with E-state index in [4.69, 9.17) is 25.5 Å². The zero-order valence-electron chi connectivity index (χ0n) is 25.2. The van der Waals surface area contributed by atoms with E-state index in [9.17, 15) is 9.90 Å². The highest BCUT2D eigenvalue weighted by Crippen LogP contribution is 2.44. The summed E-state index contributed by atoms with van der Waals surface area (Å²) in [5, 5.41) is 12.8. The number of aliphatic hydroxyl groups is 1. The Hall–Kier alpha value is -1.87. The van der Waals surface area contributed by atoms with Crippen molar-refractivity contribution in [3.05, 3.63) is 35.0 Å². The molecule has 0 aliphatic carbocycles. The standard InChI is InChI=1S/C30H47ClN2O5Si/c1-28(2,3)38-27(35)33-16-14-30(15-17-33,20-37-39(8,9)29(4,5)6)13-12-25(34)26-22-18-21(36-7)10-11-24(22)32-19-23(26)31/h10-11,18-19,25,34H,12-17,20H2,1-9H3/t25-/m0/s1. The molecule has 1 aliphatic heterocycles. The predicted octanol–water partition coefficient (Wildman–Crippen LogP) is 7.75. The average Bonchev–Trinajstić information content (AvgIpc) is 2.84. The maximum Gasteiger partial charge on any atom is 0.410 e. The number of carbonyl (C=O) groups excluding carboxylic acids is 1. The zero-order valence-corrected chi connectivity index (χ0v) is 26.9. The Balaban J connectivity index is 1.82. The first-order valence-corrected chi connectivity index (χ1v) is 17.2. The topological polar surface area (TPSA) is 81.1 Å². The normalized spacial score (nSPS) is 17.3. The number of carbonyl (C=O) groups is 1. The maximum absolute atomic E-state index is 12.7. The minimum Gasteiger partial charge on any atom is -0.497 e. The quantitative estimate of drug-likeness (QED) is 0.322. The molecule has 218 valence electrons. The van der Waals surface area contributed by atoms with Crippen LogP contribution in [-0.4, -0.2) is 61.8 Å². The summed E-state index contributed by atoms with van der Waals surface area (Å²) >= 11 is 6.59. The molecule has 1 aliphatic rings. The molecule has 2 aromatic rings. The predicted molar refractivity (Wildman–Crippen MR) is 160 cm³/mol. The molecule has 1 atom stereocenters. The van der Waals surface area contributed by atoms with Crippen molar-refractivity contribution in [3.63, 3.8) is 0 Å². The Kier molecular flexibility index (Phi) is 9.68. The molecule has 0 bridgehead atoms. The molecule has 9 heteroatoms. The fourth-order valence-corrected chi connectivity index (χ4v) is 6.10. The van der Waals surface area contributed by atoms with Gasteiger partial charge in [-0.3, -0.25) is 4.98 Å². The lowest BCUT2D eigenvalue weighted by Crippen LogP contribution is -2.49. The second kappa shape index (κ2) is 11.9. The first kappa shape index (κ1) is 31.7. The van der Waals surface area contributed by atoms with E-state index in [0.717, 1.165) is 30.2 Å². The van der Waals surface area contributed by atoms with Crippen LogP contribution in [0.3, 0.4) is 0 Å². The van der Waals surface area contributed by atoms with Crippen molar-refractivity contribution < 1.29 is 23.8 Å². The SMILES string of the molecule is COc1ccc2ncc(Cl)c([C@@H](O)CCC3(CO[Si](C)(C)C(C)(C)C)CCN(C(=O)OC(C)(C)C)CC3)c2c1. The van der Waals surface area contributed by atoms with E-state index in [0.29, 0.717) is 42.5 Å². The number of aliphatic hydroxyl groups excluding tert-OH is 1. The van der Waals surface area contributed by atoms with Gasteiger partial charge in [0.05, 0.1) is 23.8 Å². The van der Waals surface area contributed by atoms with Crippen molar-refractivity contribution in [1.82, 2.24) is 9.88 Å². The molecule has 1 N–H and O–H groups in total. The van der Waals surface area contributed by atoms with Crippen LogP contribution in [0.1, 0.15) is 78.9 Å². The number of methoxy groups -OCH3 is 1. The van der Waals surface area contributed by atoms with Crippen molar-refractivity contribution in [2.45, 2.75) is 97.1 Å². The third kappa shape index (κ3) is 7.87. The zero-order chi connectivity index (χ0) is 29.2. The van der Waals surface area contributed by atoms with E-state index in [1.807, 2.05) is 39.0 Å². The van der Waals surface area contributed by atoms with E-state index in [2.05, 4.69) is 38.8 Å². The molecule has 1 aromatic carbocycles. The van der Waals surface area contributed by atoms with Gasteiger partial charge in [-0.05, 0) is 88.2 Å². The lowest BCUT2D eigenvalue weighted by atomic mass is 9.74. The lowest BCUT2D eigenvalue weighted by molar-refractivity contribution is -0.00488. The molecule has 1 amide bonds. The van der Waals surface area contributed by atoms with E-state index in [1.54, 1.807) is 18.2 Å². The van der Waals surface area contributed by atoms with Crippen molar-refractivity contribution >= 4 is 36.9 Å². The molecule has 3 rings (SSSR count). The summed E-state index contributed by atoms with van der Waals surface area (Å²) in [5.41, 5.74) is 0.737. The van der Waals surface area contributed by atoms with Gasteiger partial charge in [-0.15, -0.1) is 0 Å². The molecular formula is C30H47ClN2O5Si. The van der Waals surface area contributed by atoms with Crippen molar-refractivity contribution in [1.29, 1.82) is 0 Å². The summed E-state index contributed by atoms with van der Waals surface area (Å²) in [4.78, 5) is 19.0. The summed E-state index contributed by atoms with van der Waals surface area (Å²) in [5.74, 6) is 0.689. The smallest absolute Gasteiger partial charge is 0.410 e. The Bertz CT molecular complexity index is 1150. The van der Waals surface area contributed by atoms with Crippen LogP contribution in [-0.2, 0) is 9.16 Å². The van der Waals surface area contributed by atoms with Gasteiger partial charge in [0, 0.05) is 36.8 Å². The highest BCUT2D eigenvalue weighted by molar-refractivity contribution is 6.74. The van der Waals surface area contributed by atoms with Crippen LogP contribution < -0.4 is 4.74 Å². The largest absolute Gasteiger partial charge is 0.497 e. The summed E-state index contributed by atoms with van der Waals surface area (Å²) in [7, 11) is -0.377. The number of benzene rings is 1. The molecule has 2 heterocycles. The fraction of sp³-hybridized carbons (Fsp3) is 0.667. The van der Waals surface area contributed by atoms with Crippen LogP contribution in [0.15, 0.2) is 24.4 Å². The number of rotatable bonds is 8. The number of hydrogen-bond acceptors (Lipinski definition) is 6. The molecule has 0 spiro atoms. The maximum atomic E-state index is 12.7. The highest BCUT2D eigenvalue weighted by atomic mass is 35.5. The summed E-state index contributed by atoms with van der Waals surface area (Å²) < 4.78 is 17.8. The third-order valence-corrected chi connectivity index (χ3v) is 13.2. The van der Waals surface area contributed by atoms with Gasteiger partial charge in [-0.2, -0.15) is 0 Å². The number of ether oxygens (including phenoxy) is 2. The van der Waals surface area contributed by atoms with Crippen molar-refractivity contribution in [2.75, 3.05) is 26.8 Å². The average molecular weight is 579 g/mol. The summed E-state index contributed by atoms with van der Waals surface area (Å²) in [6.45, 7) is 18.7. The molecule has 0 unspecified atom stereocenters. The van der Waals surface area contributed by atoms with E-state index in [-0.39, 0.29) is 16.5 Å². The number of fused-ring (bicyclic) bond motifs is 1. The Morgan fingerprint density at radius 2 is 1.82 bits per heavy atom.